The van der Waals surface area contributed by atoms with Crippen molar-refractivity contribution in [2.45, 2.75) is 75.7 Å². The van der Waals surface area contributed by atoms with Gasteiger partial charge in [0.1, 0.15) is 36.0 Å². The summed E-state index contributed by atoms with van der Waals surface area (Å²) in [6.45, 7) is 2.51. The van der Waals surface area contributed by atoms with Crippen LogP contribution in [0.3, 0.4) is 0 Å². The zero-order valence-electron chi connectivity index (χ0n) is 26.4. The molecule has 3 aromatic rings. The summed E-state index contributed by atoms with van der Waals surface area (Å²) in [6, 6.07) is 15.1. The molecule has 3 heterocycles. The molecular weight excluding hydrogens is 602 g/mol. The average molecular weight is 644 g/mol. The fraction of sp³-hybridized carbons (Fsp3) is 0.412. The molecule has 1 saturated carbocycles. The number of nitrogens with zero attached hydrogens (tertiary/aromatic N) is 2. The molecule has 2 aromatic carbocycles. The van der Waals surface area contributed by atoms with Crippen LogP contribution in [0.15, 0.2) is 73.1 Å². The number of hydrogen-bond acceptors (Lipinski definition) is 7. The van der Waals surface area contributed by atoms with E-state index in [1.54, 1.807) is 41.2 Å². The van der Waals surface area contributed by atoms with Gasteiger partial charge in [-0.25, -0.2) is 0 Å². The largest absolute Gasteiger partial charge is 0.492 e. The number of fused-ring (bicyclic) bond motifs is 15. The molecule has 0 radical (unpaired) electrons. The van der Waals surface area contributed by atoms with Gasteiger partial charge in [-0.3, -0.25) is 28.7 Å². The predicted molar refractivity (Wildman–Crippen MR) is 172 cm³/mol. The Labute approximate surface area is 273 Å². The van der Waals surface area contributed by atoms with Gasteiger partial charge in [-0.2, -0.15) is 5.10 Å². The lowest BCUT2D eigenvalue weighted by Crippen LogP contribution is -2.59. The number of hydrogen-bond donors (Lipinski definition) is 5. The van der Waals surface area contributed by atoms with Crippen LogP contribution in [0.1, 0.15) is 43.7 Å². The third-order valence-corrected chi connectivity index (χ3v) is 8.24. The van der Waals surface area contributed by atoms with E-state index in [0.717, 1.165) is 11.1 Å². The number of benzene rings is 2. The zero-order valence-corrected chi connectivity index (χ0v) is 26.4. The minimum atomic E-state index is -1.05. The van der Waals surface area contributed by atoms with Crippen LogP contribution in [0.4, 0.5) is 0 Å². The van der Waals surface area contributed by atoms with E-state index in [1.165, 1.54) is 6.92 Å². The molecular formula is C34H41N7O6. The normalized spacial score (nSPS) is 21.9. The van der Waals surface area contributed by atoms with Gasteiger partial charge in [0.15, 0.2) is 0 Å². The molecule has 0 saturated heterocycles. The molecule has 5 amide bonds. The van der Waals surface area contributed by atoms with Gasteiger partial charge in [0.25, 0.3) is 0 Å². The van der Waals surface area contributed by atoms with Crippen molar-refractivity contribution in [1.29, 1.82) is 0 Å². The quantitative estimate of drug-likeness (QED) is 0.237. The maximum absolute atomic E-state index is 13.5. The van der Waals surface area contributed by atoms with Crippen molar-refractivity contribution >= 4 is 29.5 Å². The number of carbonyl (C=O) groups is 5. The predicted octanol–water partition coefficient (Wildman–Crippen LogP) is 0.780. The Hall–Kier alpha value is -5.20. The molecule has 1 fully saturated rings. The molecule has 1 aromatic heterocycles. The van der Waals surface area contributed by atoms with Crippen molar-refractivity contribution in [1.82, 2.24) is 36.4 Å². The number of aromatic nitrogens is 2. The number of rotatable bonds is 7. The summed E-state index contributed by atoms with van der Waals surface area (Å²) in [6.07, 6.45) is 5.48. The van der Waals surface area contributed by atoms with Crippen LogP contribution in [0.5, 0.6) is 5.75 Å². The summed E-state index contributed by atoms with van der Waals surface area (Å²) in [4.78, 5) is 66.4. The molecule has 6 rings (SSSR count). The van der Waals surface area contributed by atoms with Crippen molar-refractivity contribution in [2.75, 3.05) is 13.2 Å². The highest BCUT2D eigenvalue weighted by atomic mass is 16.5. The van der Waals surface area contributed by atoms with E-state index in [9.17, 15) is 24.0 Å². The lowest BCUT2D eigenvalue weighted by molar-refractivity contribution is -0.134. The van der Waals surface area contributed by atoms with E-state index < -0.39 is 41.4 Å². The van der Waals surface area contributed by atoms with Crippen molar-refractivity contribution in [3.8, 4) is 5.75 Å². The molecule has 13 nitrogen and oxygen atoms in total. The van der Waals surface area contributed by atoms with Gasteiger partial charge in [-0.1, -0.05) is 42.5 Å². The fourth-order valence-corrected chi connectivity index (χ4v) is 5.36. The molecule has 1 spiro atoms. The minimum Gasteiger partial charge on any atom is -0.492 e. The van der Waals surface area contributed by atoms with Crippen molar-refractivity contribution in [2.24, 2.45) is 0 Å². The van der Waals surface area contributed by atoms with E-state index in [-0.39, 0.29) is 44.2 Å². The first-order valence-electron chi connectivity index (χ1n) is 15.9. The molecule has 248 valence electrons. The second kappa shape index (κ2) is 15.4. The number of ether oxygens (including phenoxy) is 1. The van der Waals surface area contributed by atoms with Crippen LogP contribution in [-0.2, 0) is 43.4 Å². The molecule has 13 heteroatoms. The van der Waals surface area contributed by atoms with Gasteiger partial charge in [-0.05, 0) is 55.5 Å². The number of aryl methyl sites for hydroxylation is 1. The van der Waals surface area contributed by atoms with Crippen LogP contribution < -0.4 is 31.3 Å². The van der Waals surface area contributed by atoms with E-state index >= 15 is 0 Å². The fourth-order valence-electron chi connectivity index (χ4n) is 5.36. The van der Waals surface area contributed by atoms with Gasteiger partial charge < -0.3 is 31.3 Å². The van der Waals surface area contributed by atoms with Crippen molar-refractivity contribution in [3.63, 3.8) is 0 Å². The molecule has 5 N–H and O–H groups in total. The van der Waals surface area contributed by atoms with Crippen LogP contribution in [0, 0.1) is 0 Å². The topological polar surface area (TPSA) is 173 Å². The Kier molecular flexibility index (Phi) is 10.9. The van der Waals surface area contributed by atoms with Crippen LogP contribution in [-0.4, -0.2) is 76.1 Å². The first kappa shape index (κ1) is 33.2. The standard InChI is InChI=1S/C34H41N7O6/c1-23-30(43)39-28(21-24-7-3-2-4-8-24)32(45)40-34(14-15-34)33(46)35-17-20-47-26-12-10-25(11-13-26)22-27(31(44)37-23)38-29(42)9-5-18-41-19-6-16-36-41/h2-4,6-8,10-13,16,19,23,27-28H,5,9,14-15,17-18,20-22H2,1H3,(H,35,46)(H,37,44)(H,38,42)(H,39,43)(H,40,45)/t23-,27-,28+/m0/s1. The molecule has 1 aliphatic carbocycles. The van der Waals surface area contributed by atoms with Crippen molar-refractivity contribution in [3.05, 3.63) is 84.2 Å². The van der Waals surface area contributed by atoms with Gasteiger partial charge in [0, 0.05) is 38.2 Å². The first-order chi connectivity index (χ1) is 22.7. The SMILES string of the molecule is C[C@@H]1NC(=O)[C@@H](NC(=O)CCCn2cccn2)Cc2ccc(cc2)OCCNC(=O)C2(CC2)NC(=O)[C@@H](Cc2ccccc2)NC1=O. The van der Waals surface area contributed by atoms with E-state index in [4.69, 9.17) is 4.74 Å². The van der Waals surface area contributed by atoms with Gasteiger partial charge in [0.2, 0.25) is 29.5 Å². The lowest BCUT2D eigenvalue weighted by Gasteiger charge is -2.25. The Morgan fingerprint density at radius 1 is 0.979 bits per heavy atom. The second-order valence-corrected chi connectivity index (χ2v) is 12.0. The average Bonchev–Trinajstić information content (AvgIpc) is 3.66. The third-order valence-electron chi connectivity index (χ3n) is 8.24. The first-order valence-corrected chi connectivity index (χ1v) is 15.9. The van der Waals surface area contributed by atoms with Gasteiger partial charge >= 0.3 is 0 Å². The molecule has 3 aliphatic rings. The van der Waals surface area contributed by atoms with Crippen LogP contribution >= 0.6 is 0 Å². The second-order valence-electron chi connectivity index (χ2n) is 12.0. The molecule has 0 unspecified atom stereocenters. The monoisotopic (exact) mass is 643 g/mol. The van der Waals surface area contributed by atoms with Gasteiger partial charge in [-0.15, -0.1) is 0 Å². The number of carbonyl (C=O) groups excluding carboxylic acids is 5. The maximum Gasteiger partial charge on any atom is 0.245 e. The lowest BCUT2D eigenvalue weighted by atomic mass is 10.0. The number of nitrogens with one attached hydrogen (secondary N) is 5. The summed E-state index contributed by atoms with van der Waals surface area (Å²) >= 11 is 0. The Morgan fingerprint density at radius 3 is 2.45 bits per heavy atom. The summed E-state index contributed by atoms with van der Waals surface area (Å²) in [5.41, 5.74) is 0.527. The van der Waals surface area contributed by atoms with Crippen molar-refractivity contribution < 1.29 is 28.7 Å². The van der Waals surface area contributed by atoms with E-state index in [1.807, 2.05) is 36.5 Å². The summed E-state index contributed by atoms with van der Waals surface area (Å²) in [5, 5.41) is 18.1. The Bertz CT molecular complexity index is 1540. The smallest absolute Gasteiger partial charge is 0.245 e. The Balaban J connectivity index is 1.32. The molecule has 2 aliphatic heterocycles. The summed E-state index contributed by atoms with van der Waals surface area (Å²) in [5.74, 6) is -1.66. The van der Waals surface area contributed by atoms with E-state index in [0.29, 0.717) is 31.6 Å². The Morgan fingerprint density at radius 2 is 1.74 bits per heavy atom. The highest BCUT2D eigenvalue weighted by Gasteiger charge is 2.51. The maximum atomic E-state index is 13.5. The summed E-state index contributed by atoms with van der Waals surface area (Å²) < 4.78 is 7.52. The van der Waals surface area contributed by atoms with E-state index in [2.05, 4.69) is 31.7 Å². The highest BCUT2D eigenvalue weighted by molar-refractivity contribution is 5.98. The molecule has 47 heavy (non-hydrogen) atoms. The molecule has 2 bridgehead atoms. The minimum absolute atomic E-state index is 0.169. The third kappa shape index (κ3) is 9.41. The highest BCUT2D eigenvalue weighted by Crippen LogP contribution is 2.35. The zero-order chi connectivity index (χ0) is 33.2. The number of amides is 5. The molecule has 3 atom stereocenters. The summed E-state index contributed by atoms with van der Waals surface area (Å²) in [7, 11) is 0. The van der Waals surface area contributed by atoms with Crippen LogP contribution in [0.25, 0.3) is 0 Å². The van der Waals surface area contributed by atoms with Crippen LogP contribution in [0.2, 0.25) is 0 Å². The van der Waals surface area contributed by atoms with Gasteiger partial charge in [0.05, 0.1) is 6.54 Å².